The van der Waals surface area contributed by atoms with Crippen LogP contribution in [0.25, 0.3) is 62.5 Å². The molecular formula is C54H23BrN12. The minimum atomic E-state index is 0.0938. The van der Waals surface area contributed by atoms with E-state index in [9.17, 15) is 21.0 Å². The molecule has 67 heavy (non-hydrogen) atoms. The van der Waals surface area contributed by atoms with Crippen molar-refractivity contribution in [1.82, 2.24) is 0 Å². The molecule has 0 fully saturated rings. The first kappa shape index (κ1) is 48.6. The number of nitriles is 6. The van der Waals surface area contributed by atoms with Gasteiger partial charge in [-0.1, -0.05) is 125 Å². The smallest absolute Gasteiger partial charge is 0.202 e. The van der Waals surface area contributed by atoms with Crippen molar-refractivity contribution in [3.8, 4) is 69.8 Å². The van der Waals surface area contributed by atoms with E-state index in [0.717, 1.165) is 4.47 Å². The number of hydrogen-bond acceptors (Lipinski definition) is 6. The Kier molecular flexibility index (Phi) is 17.7. The summed E-state index contributed by atoms with van der Waals surface area (Å²) in [5, 5.41) is 55.4. The van der Waals surface area contributed by atoms with Crippen LogP contribution < -0.4 is 0 Å². The molecule has 0 N–H and O–H groups in total. The average Bonchev–Trinajstić information content (AvgIpc) is 3.40. The highest BCUT2D eigenvalue weighted by molar-refractivity contribution is 9.10. The Morgan fingerprint density at radius 3 is 0.896 bits per heavy atom. The number of hydrogen-bond donors (Lipinski definition) is 0. The highest BCUT2D eigenvalue weighted by Gasteiger charge is 2.26. The molecule has 7 aromatic carbocycles. The zero-order valence-corrected chi connectivity index (χ0v) is 36.1. The average molecular weight is 920 g/mol. The SMILES string of the molecule is Brc1ccccc1.[C-]#[N+]c1c(C#N)c(-c2ccccc2)c(C#N)c([N+]#[C-])c1-c1ccccc1.[C-]#[N+]c1cc([N+]#[C-])c(C#N)c(-c2ccccc2)c1C#N.[C-]#[N+]c1cc([N+]#[C-])c(C#N)cc1C#N. The van der Waals surface area contributed by atoms with Crippen LogP contribution >= 0.6 is 15.9 Å². The van der Waals surface area contributed by atoms with Crippen LogP contribution in [0.5, 0.6) is 0 Å². The summed E-state index contributed by atoms with van der Waals surface area (Å²) in [6, 6.07) is 52.3. The van der Waals surface area contributed by atoms with Crippen molar-refractivity contribution in [1.29, 1.82) is 31.6 Å². The molecule has 0 unspecified atom stereocenters. The lowest BCUT2D eigenvalue weighted by Gasteiger charge is -2.16. The lowest BCUT2D eigenvalue weighted by Crippen LogP contribution is -1.95. The van der Waals surface area contributed by atoms with Gasteiger partial charge in [0.25, 0.3) is 0 Å². The fourth-order valence-electron chi connectivity index (χ4n) is 6.24. The Hall–Kier alpha value is -11.1. The van der Waals surface area contributed by atoms with Gasteiger partial charge in [-0.25, -0.2) is 29.1 Å². The summed E-state index contributed by atoms with van der Waals surface area (Å²) in [5.74, 6) is 0. The van der Waals surface area contributed by atoms with E-state index in [-0.39, 0.29) is 67.5 Å². The van der Waals surface area contributed by atoms with Crippen LogP contribution in [-0.2, 0) is 0 Å². The highest BCUT2D eigenvalue weighted by atomic mass is 79.9. The van der Waals surface area contributed by atoms with Crippen molar-refractivity contribution < 1.29 is 0 Å². The molecule has 0 aliphatic rings. The number of rotatable bonds is 3. The first-order valence-electron chi connectivity index (χ1n) is 18.8. The highest BCUT2D eigenvalue weighted by Crippen LogP contribution is 2.48. The molecule has 13 heteroatoms. The van der Waals surface area contributed by atoms with Crippen LogP contribution in [0.3, 0.4) is 0 Å². The quantitative estimate of drug-likeness (QED) is 0.160. The second kappa shape index (κ2) is 24.4. The Labute approximate surface area is 395 Å². The van der Waals surface area contributed by atoms with Gasteiger partial charge < -0.3 is 0 Å². The van der Waals surface area contributed by atoms with Crippen LogP contribution in [0.2, 0.25) is 0 Å². The Morgan fingerprint density at radius 1 is 0.328 bits per heavy atom. The molecule has 0 saturated heterocycles. The fourth-order valence-corrected chi connectivity index (χ4v) is 6.55. The van der Waals surface area contributed by atoms with E-state index in [2.05, 4.69) is 57.1 Å². The van der Waals surface area contributed by atoms with E-state index in [0.29, 0.717) is 33.4 Å². The van der Waals surface area contributed by atoms with Crippen molar-refractivity contribution >= 4 is 50.1 Å². The molecule has 0 aromatic heterocycles. The minimum Gasteiger partial charge on any atom is -0.238 e. The summed E-state index contributed by atoms with van der Waals surface area (Å²) in [4.78, 5) is 19.9. The molecule has 7 aromatic rings. The van der Waals surface area contributed by atoms with E-state index in [1.807, 2.05) is 60.7 Å². The van der Waals surface area contributed by atoms with E-state index in [4.69, 9.17) is 50.0 Å². The first-order valence-corrected chi connectivity index (χ1v) is 19.6. The molecule has 0 spiro atoms. The van der Waals surface area contributed by atoms with Gasteiger partial charge in [-0.3, -0.25) is 0 Å². The molecule has 0 amide bonds. The maximum Gasteiger partial charge on any atom is 0.202 e. The van der Waals surface area contributed by atoms with E-state index in [1.165, 1.54) is 18.2 Å². The lowest BCUT2D eigenvalue weighted by atomic mass is 9.87. The Morgan fingerprint density at radius 2 is 0.627 bits per heavy atom. The minimum absolute atomic E-state index is 0.0938. The van der Waals surface area contributed by atoms with Crippen molar-refractivity contribution in [2.75, 3.05) is 0 Å². The molecule has 0 heterocycles. The third-order valence-electron chi connectivity index (χ3n) is 9.16. The van der Waals surface area contributed by atoms with Gasteiger partial charge in [-0.2, -0.15) is 31.6 Å². The fraction of sp³-hybridized carbons (Fsp3) is 0. The Bertz CT molecular complexity index is 3240. The van der Waals surface area contributed by atoms with Crippen molar-refractivity contribution in [2.24, 2.45) is 0 Å². The van der Waals surface area contributed by atoms with Crippen LogP contribution in [0, 0.1) is 107 Å². The van der Waals surface area contributed by atoms with Gasteiger partial charge in [0.05, 0.1) is 109 Å². The van der Waals surface area contributed by atoms with Crippen LogP contribution in [0.4, 0.5) is 34.1 Å². The molecule has 0 aliphatic carbocycles. The van der Waals surface area contributed by atoms with Crippen LogP contribution in [-0.4, -0.2) is 0 Å². The summed E-state index contributed by atoms with van der Waals surface area (Å²) < 4.78 is 1.13. The molecule has 12 nitrogen and oxygen atoms in total. The molecular weight excluding hydrogens is 897 g/mol. The molecule has 0 atom stereocenters. The lowest BCUT2D eigenvalue weighted by molar-refractivity contribution is 1.45. The maximum atomic E-state index is 9.77. The van der Waals surface area contributed by atoms with Gasteiger partial charge in [0.15, 0.2) is 22.7 Å². The van der Waals surface area contributed by atoms with Crippen LogP contribution in [0.15, 0.2) is 144 Å². The predicted octanol–water partition coefficient (Wildman–Crippen LogP) is 15.0. The standard InChI is InChI=1S/C22H10N4.C16H6N4.C10H2N4.C6H5Br/c1-25-21-17(13-23)19(15-9-5-3-6-10-15)18(14-24)22(26-2)20(21)16-11-7-4-8-12-16;1-19-14-8-15(20-2)13(10-18)16(12(14)9-17)11-6-4-3-5-7-11;1-13-9-4-10(14-2)8(6-12)3-7(9)5-11;7-6-4-2-1-3-5-6/h3-12H;3-8H;3-4H;1-5H. The predicted molar refractivity (Wildman–Crippen MR) is 256 cm³/mol. The normalized spacial score (nSPS) is 8.79. The zero-order valence-electron chi connectivity index (χ0n) is 34.5. The topological polar surface area (TPSA) is 169 Å². The summed E-state index contributed by atoms with van der Waals surface area (Å²) in [5.41, 5.74) is 4.32. The molecule has 0 aliphatic heterocycles. The monoisotopic (exact) mass is 918 g/mol. The first-order chi connectivity index (χ1) is 32.7. The molecule has 7 rings (SSSR count). The van der Waals surface area contributed by atoms with E-state index >= 15 is 0 Å². The van der Waals surface area contributed by atoms with Gasteiger partial charge in [-0.05, 0) is 63.7 Å². The van der Waals surface area contributed by atoms with Gasteiger partial charge >= 0.3 is 0 Å². The molecule has 306 valence electrons. The Balaban J connectivity index is 0.000000211. The van der Waals surface area contributed by atoms with Gasteiger partial charge in [-0.15, -0.1) is 0 Å². The molecule has 0 saturated carbocycles. The number of halogens is 1. The zero-order chi connectivity index (χ0) is 48.7. The van der Waals surface area contributed by atoms with E-state index in [1.54, 1.807) is 84.9 Å². The van der Waals surface area contributed by atoms with Gasteiger partial charge in [0, 0.05) is 4.47 Å². The van der Waals surface area contributed by atoms with Crippen molar-refractivity contribution in [3.05, 3.63) is 246 Å². The third-order valence-corrected chi connectivity index (χ3v) is 9.69. The second-order valence-corrected chi connectivity index (χ2v) is 13.8. The number of benzene rings is 7. The van der Waals surface area contributed by atoms with Crippen LogP contribution in [0.1, 0.15) is 33.4 Å². The van der Waals surface area contributed by atoms with Crippen molar-refractivity contribution in [3.63, 3.8) is 0 Å². The summed E-state index contributed by atoms with van der Waals surface area (Å²) in [6.07, 6.45) is 0. The maximum absolute atomic E-state index is 9.77. The second-order valence-electron chi connectivity index (χ2n) is 12.9. The summed E-state index contributed by atoms with van der Waals surface area (Å²) >= 11 is 3.31. The largest absolute Gasteiger partial charge is 0.238 e. The van der Waals surface area contributed by atoms with Gasteiger partial charge in [0.1, 0.15) is 0 Å². The summed E-state index contributed by atoms with van der Waals surface area (Å²) in [6.45, 7) is 43.1. The van der Waals surface area contributed by atoms with E-state index < -0.39 is 0 Å². The summed E-state index contributed by atoms with van der Waals surface area (Å²) in [7, 11) is 0. The third kappa shape index (κ3) is 11.2. The van der Waals surface area contributed by atoms with Gasteiger partial charge in [0.2, 0.25) is 11.4 Å². The number of nitrogens with zero attached hydrogens (tertiary/aromatic N) is 12. The van der Waals surface area contributed by atoms with Crippen molar-refractivity contribution in [2.45, 2.75) is 0 Å². The molecule has 0 bridgehead atoms. The molecule has 0 radical (unpaired) electrons.